The summed E-state index contributed by atoms with van der Waals surface area (Å²) in [6.45, 7) is 2.41. The number of amides is 3. The average Bonchev–Trinajstić information content (AvgIpc) is 2.77. The monoisotopic (exact) mass is 437 g/mol. The van der Waals surface area contributed by atoms with E-state index >= 15 is 0 Å². The molecule has 7 heteroatoms. The lowest BCUT2D eigenvalue weighted by Crippen LogP contribution is -2.63. The van der Waals surface area contributed by atoms with Crippen LogP contribution in [0.3, 0.4) is 0 Å². The number of nitrogens with zero attached hydrogens (tertiary/aromatic N) is 1. The van der Waals surface area contributed by atoms with Crippen LogP contribution >= 0.6 is 0 Å². The Morgan fingerprint density at radius 1 is 1.09 bits per heavy atom. The van der Waals surface area contributed by atoms with E-state index in [1.54, 1.807) is 48.5 Å². The molecule has 0 spiro atoms. The molecule has 1 atom stereocenters. The first-order valence-electron chi connectivity index (χ1n) is 11.5. The van der Waals surface area contributed by atoms with Crippen LogP contribution in [0.1, 0.15) is 57.4 Å². The molecule has 0 saturated heterocycles. The smallest absolute Gasteiger partial charge is 0.329 e. The molecule has 1 unspecified atom stereocenters. The first-order chi connectivity index (χ1) is 15.5. The third-order valence-corrected chi connectivity index (χ3v) is 6.23. The van der Waals surface area contributed by atoms with Crippen LogP contribution in [0, 0.1) is 0 Å². The Hall–Kier alpha value is -3.06. The fraction of sp³-hybridized carbons (Fsp3) is 0.440. The highest BCUT2D eigenvalue weighted by atomic mass is 16.5. The fourth-order valence-electron chi connectivity index (χ4n) is 4.61. The van der Waals surface area contributed by atoms with Gasteiger partial charge in [-0.1, -0.05) is 50.3 Å². The number of aliphatic hydroxyl groups is 1. The predicted molar refractivity (Wildman–Crippen MR) is 124 cm³/mol. The van der Waals surface area contributed by atoms with Gasteiger partial charge in [0.1, 0.15) is 5.75 Å². The Morgan fingerprint density at radius 2 is 1.75 bits per heavy atom. The molecule has 1 aliphatic heterocycles. The van der Waals surface area contributed by atoms with Crippen molar-refractivity contribution in [2.75, 3.05) is 16.8 Å². The lowest BCUT2D eigenvalue weighted by atomic mass is 9.92. The molecule has 2 aliphatic rings. The maximum absolute atomic E-state index is 13.6. The summed E-state index contributed by atoms with van der Waals surface area (Å²) in [5.41, 5.74) is -1.00. The number of nitrogens with one attached hydrogen (secondary N) is 2. The Kier molecular flexibility index (Phi) is 6.65. The van der Waals surface area contributed by atoms with Crippen LogP contribution < -0.4 is 20.3 Å². The van der Waals surface area contributed by atoms with Crippen LogP contribution in [-0.4, -0.2) is 29.7 Å². The van der Waals surface area contributed by atoms with Gasteiger partial charge in [-0.05, 0) is 50.1 Å². The molecule has 2 aromatic rings. The number of fused-ring (bicyclic) bond motifs is 1. The van der Waals surface area contributed by atoms with E-state index in [1.807, 2.05) is 6.92 Å². The normalized spacial score (nSPS) is 21.7. The Labute approximate surface area is 188 Å². The lowest BCUT2D eigenvalue weighted by Gasteiger charge is -2.43. The van der Waals surface area contributed by atoms with Crippen LogP contribution in [0.4, 0.5) is 16.2 Å². The number of anilines is 2. The maximum atomic E-state index is 13.6. The van der Waals surface area contributed by atoms with Crippen LogP contribution in [0.2, 0.25) is 0 Å². The van der Waals surface area contributed by atoms with Crippen molar-refractivity contribution in [2.24, 2.45) is 0 Å². The zero-order chi connectivity index (χ0) is 22.6. The number of ether oxygens (including phenoxy) is 1. The molecule has 0 radical (unpaired) electrons. The van der Waals surface area contributed by atoms with E-state index in [9.17, 15) is 14.7 Å². The molecule has 0 bridgehead atoms. The summed E-state index contributed by atoms with van der Waals surface area (Å²) in [4.78, 5) is 27.9. The molecule has 1 fully saturated rings. The van der Waals surface area contributed by atoms with Crippen LogP contribution in [0.25, 0.3) is 0 Å². The van der Waals surface area contributed by atoms with Crippen molar-refractivity contribution in [3.8, 4) is 5.75 Å². The third-order valence-electron chi connectivity index (χ3n) is 6.23. The Bertz CT molecular complexity index is 954. The van der Waals surface area contributed by atoms with E-state index in [4.69, 9.17) is 4.74 Å². The second kappa shape index (κ2) is 9.61. The van der Waals surface area contributed by atoms with E-state index in [0.717, 1.165) is 43.4 Å². The van der Waals surface area contributed by atoms with Crippen LogP contribution in [-0.2, 0) is 10.5 Å². The molecular weight excluding hydrogens is 406 g/mol. The van der Waals surface area contributed by atoms with Gasteiger partial charge in [-0.15, -0.1) is 0 Å². The lowest BCUT2D eigenvalue weighted by molar-refractivity contribution is -0.141. The third kappa shape index (κ3) is 4.30. The van der Waals surface area contributed by atoms with E-state index in [0.29, 0.717) is 29.3 Å². The first-order valence-corrected chi connectivity index (χ1v) is 11.5. The maximum Gasteiger partial charge on any atom is 0.329 e. The van der Waals surface area contributed by atoms with Crippen molar-refractivity contribution in [3.63, 3.8) is 0 Å². The van der Waals surface area contributed by atoms with Crippen LogP contribution in [0.15, 0.2) is 48.5 Å². The summed E-state index contributed by atoms with van der Waals surface area (Å²) in [6.07, 6.45) is 7.37. The molecule has 1 aliphatic carbocycles. The second-order valence-corrected chi connectivity index (χ2v) is 8.43. The van der Waals surface area contributed by atoms with Gasteiger partial charge >= 0.3 is 6.03 Å². The molecule has 3 amide bonds. The fourth-order valence-corrected chi connectivity index (χ4v) is 4.61. The number of urea groups is 1. The topological polar surface area (TPSA) is 90.9 Å². The van der Waals surface area contributed by atoms with E-state index in [2.05, 4.69) is 10.6 Å². The number of hydrogen-bond acceptors (Lipinski definition) is 4. The number of carbonyl (C=O) groups is 2. The summed E-state index contributed by atoms with van der Waals surface area (Å²) in [5.74, 6) is 0.0656. The van der Waals surface area contributed by atoms with Gasteiger partial charge < -0.3 is 20.5 Å². The predicted octanol–water partition coefficient (Wildman–Crippen LogP) is 4.51. The molecule has 1 saturated carbocycles. The van der Waals surface area contributed by atoms with Gasteiger partial charge in [-0.3, -0.25) is 9.69 Å². The molecule has 7 nitrogen and oxygen atoms in total. The molecule has 4 rings (SSSR count). The summed E-state index contributed by atoms with van der Waals surface area (Å²) in [6, 6.07) is 13.1. The standard InChI is InChI=1S/C25H31N3O4/c1-2-32-20-16-14-19(15-17-20)28-24(30)27-22-13-9-8-12-21(22)25(28,31)23(29)26-18-10-6-4-3-5-7-11-18/h8-9,12-18,31H,2-7,10-11H2,1H3,(H,26,29)(H,27,30). The minimum atomic E-state index is -2.17. The summed E-state index contributed by atoms with van der Waals surface area (Å²) >= 11 is 0. The minimum absolute atomic E-state index is 0.0221. The molecule has 2 aromatic carbocycles. The van der Waals surface area contributed by atoms with E-state index < -0.39 is 17.7 Å². The van der Waals surface area contributed by atoms with Gasteiger partial charge in [0.2, 0.25) is 0 Å². The SMILES string of the molecule is CCOc1ccc(N2C(=O)Nc3ccccc3C2(O)C(=O)NC2CCCCCCC2)cc1. The number of benzene rings is 2. The molecule has 1 heterocycles. The quantitative estimate of drug-likeness (QED) is 0.642. The van der Waals surface area contributed by atoms with Crippen molar-refractivity contribution in [1.29, 1.82) is 0 Å². The molecule has 3 N–H and O–H groups in total. The van der Waals surface area contributed by atoms with Gasteiger partial charge in [-0.25, -0.2) is 4.79 Å². The van der Waals surface area contributed by atoms with E-state index in [1.165, 1.54) is 6.42 Å². The molecule has 32 heavy (non-hydrogen) atoms. The minimum Gasteiger partial charge on any atom is -0.494 e. The largest absolute Gasteiger partial charge is 0.494 e. The summed E-state index contributed by atoms with van der Waals surface area (Å²) in [7, 11) is 0. The highest BCUT2D eigenvalue weighted by Gasteiger charge is 2.52. The highest BCUT2D eigenvalue weighted by Crippen LogP contribution is 2.40. The van der Waals surface area contributed by atoms with Crippen molar-refractivity contribution >= 4 is 23.3 Å². The highest BCUT2D eigenvalue weighted by molar-refractivity contribution is 6.11. The van der Waals surface area contributed by atoms with Gasteiger partial charge in [0.05, 0.1) is 12.3 Å². The summed E-state index contributed by atoms with van der Waals surface area (Å²) in [5, 5.41) is 17.8. The molecule has 170 valence electrons. The second-order valence-electron chi connectivity index (χ2n) is 8.43. The number of carbonyl (C=O) groups excluding carboxylic acids is 2. The summed E-state index contributed by atoms with van der Waals surface area (Å²) < 4.78 is 5.49. The van der Waals surface area contributed by atoms with Crippen molar-refractivity contribution in [2.45, 2.75) is 63.6 Å². The first kappa shape index (κ1) is 22.1. The number of hydrogen-bond donors (Lipinski definition) is 3. The van der Waals surface area contributed by atoms with Gasteiger partial charge in [0.15, 0.2) is 0 Å². The van der Waals surface area contributed by atoms with Crippen molar-refractivity contribution in [3.05, 3.63) is 54.1 Å². The molecule has 0 aromatic heterocycles. The number of rotatable bonds is 5. The van der Waals surface area contributed by atoms with Crippen molar-refractivity contribution in [1.82, 2.24) is 5.32 Å². The van der Waals surface area contributed by atoms with Gasteiger partial charge in [0, 0.05) is 17.3 Å². The average molecular weight is 438 g/mol. The van der Waals surface area contributed by atoms with Crippen LogP contribution in [0.5, 0.6) is 5.75 Å². The molecular formula is C25H31N3O4. The van der Waals surface area contributed by atoms with E-state index in [-0.39, 0.29) is 6.04 Å². The Morgan fingerprint density at radius 3 is 2.44 bits per heavy atom. The van der Waals surface area contributed by atoms with Gasteiger partial charge in [0.25, 0.3) is 11.6 Å². The Balaban J connectivity index is 1.70. The zero-order valence-corrected chi connectivity index (χ0v) is 18.5. The van der Waals surface area contributed by atoms with Crippen molar-refractivity contribution < 1.29 is 19.4 Å². The number of para-hydroxylation sites is 1. The van der Waals surface area contributed by atoms with Gasteiger partial charge in [-0.2, -0.15) is 0 Å². The zero-order valence-electron chi connectivity index (χ0n) is 18.5.